The van der Waals surface area contributed by atoms with Gasteiger partial charge in [0.25, 0.3) is 0 Å². The Bertz CT molecular complexity index is 307. The first kappa shape index (κ1) is 12.5. The second-order valence-electron chi connectivity index (χ2n) is 4.89. The number of rotatable bonds is 4. The van der Waals surface area contributed by atoms with E-state index in [-0.39, 0.29) is 0 Å². The van der Waals surface area contributed by atoms with Crippen molar-refractivity contribution in [2.45, 2.75) is 50.7 Å². The molecule has 0 aliphatic heterocycles. The van der Waals surface area contributed by atoms with E-state index in [2.05, 4.69) is 10.3 Å². The number of aliphatic hydroxyl groups excluding tert-OH is 1. The Kier molecular flexibility index (Phi) is 4.95. The smallest absolute Gasteiger partial charge is 0.0915 e. The van der Waals surface area contributed by atoms with E-state index in [1.165, 1.54) is 38.5 Å². The van der Waals surface area contributed by atoms with Gasteiger partial charge in [-0.1, -0.05) is 25.7 Å². The number of aliphatic hydroxyl groups is 1. The summed E-state index contributed by atoms with van der Waals surface area (Å²) in [5.74, 6) is 0. The van der Waals surface area contributed by atoms with Crippen LogP contribution in [0, 0.1) is 0 Å². The molecule has 1 aromatic rings. The largest absolute Gasteiger partial charge is 0.387 e. The van der Waals surface area contributed by atoms with Crippen molar-refractivity contribution in [3.8, 4) is 0 Å². The maximum Gasteiger partial charge on any atom is 0.0915 e. The summed E-state index contributed by atoms with van der Waals surface area (Å²) in [5.41, 5.74) is 0.945. The van der Waals surface area contributed by atoms with Crippen LogP contribution in [0.15, 0.2) is 24.5 Å². The first-order valence-electron chi connectivity index (χ1n) is 6.67. The lowest BCUT2D eigenvalue weighted by Crippen LogP contribution is -2.32. The Morgan fingerprint density at radius 1 is 1.18 bits per heavy atom. The predicted molar refractivity (Wildman–Crippen MR) is 68.7 cm³/mol. The van der Waals surface area contributed by atoms with Gasteiger partial charge in [-0.3, -0.25) is 4.98 Å². The molecule has 1 aliphatic carbocycles. The fourth-order valence-electron chi connectivity index (χ4n) is 2.47. The van der Waals surface area contributed by atoms with Gasteiger partial charge in [-0.2, -0.15) is 0 Å². The number of pyridine rings is 1. The van der Waals surface area contributed by atoms with E-state index in [0.29, 0.717) is 12.6 Å². The Labute approximate surface area is 103 Å². The van der Waals surface area contributed by atoms with Crippen molar-refractivity contribution in [2.75, 3.05) is 6.54 Å². The minimum absolute atomic E-state index is 0.416. The highest BCUT2D eigenvalue weighted by atomic mass is 16.3. The van der Waals surface area contributed by atoms with Gasteiger partial charge in [-0.15, -0.1) is 0 Å². The molecule has 0 radical (unpaired) electrons. The van der Waals surface area contributed by atoms with Crippen LogP contribution in [-0.2, 0) is 0 Å². The fourth-order valence-corrected chi connectivity index (χ4v) is 2.47. The zero-order valence-corrected chi connectivity index (χ0v) is 10.3. The number of aromatic nitrogens is 1. The number of hydrogen-bond acceptors (Lipinski definition) is 3. The lowest BCUT2D eigenvalue weighted by atomic mass is 10.1. The van der Waals surface area contributed by atoms with Crippen LogP contribution in [0.25, 0.3) is 0 Å². The van der Waals surface area contributed by atoms with Crippen molar-refractivity contribution in [3.63, 3.8) is 0 Å². The molecule has 0 spiro atoms. The van der Waals surface area contributed by atoms with Crippen LogP contribution in [0.3, 0.4) is 0 Å². The van der Waals surface area contributed by atoms with Crippen LogP contribution in [0.4, 0.5) is 0 Å². The Hall–Kier alpha value is -0.930. The third kappa shape index (κ3) is 4.10. The van der Waals surface area contributed by atoms with Gasteiger partial charge in [0.1, 0.15) is 0 Å². The monoisotopic (exact) mass is 234 g/mol. The molecule has 1 saturated carbocycles. The van der Waals surface area contributed by atoms with E-state index in [9.17, 15) is 5.11 Å². The second kappa shape index (κ2) is 6.72. The van der Waals surface area contributed by atoms with Crippen LogP contribution >= 0.6 is 0 Å². The first-order chi connectivity index (χ1) is 8.36. The standard InChI is InChI=1S/C14H22N2O/c17-14(12-7-9-15-10-8-12)11-16-13-5-3-1-2-4-6-13/h7-10,13-14,16-17H,1-6,11H2. The van der Waals surface area contributed by atoms with Gasteiger partial charge in [-0.05, 0) is 30.5 Å². The van der Waals surface area contributed by atoms with Crippen molar-refractivity contribution in [1.82, 2.24) is 10.3 Å². The van der Waals surface area contributed by atoms with Gasteiger partial charge in [0.2, 0.25) is 0 Å². The molecule has 1 atom stereocenters. The van der Waals surface area contributed by atoms with Crippen LogP contribution in [0.5, 0.6) is 0 Å². The summed E-state index contributed by atoms with van der Waals surface area (Å²) in [5, 5.41) is 13.5. The van der Waals surface area contributed by atoms with Crippen molar-refractivity contribution >= 4 is 0 Å². The van der Waals surface area contributed by atoms with Crippen LogP contribution < -0.4 is 5.32 Å². The maximum atomic E-state index is 10.0. The van der Waals surface area contributed by atoms with Crippen molar-refractivity contribution < 1.29 is 5.11 Å². The Morgan fingerprint density at radius 3 is 2.47 bits per heavy atom. The van der Waals surface area contributed by atoms with Gasteiger partial charge in [0.05, 0.1) is 6.10 Å². The molecule has 3 nitrogen and oxygen atoms in total. The minimum Gasteiger partial charge on any atom is -0.387 e. The highest BCUT2D eigenvalue weighted by Crippen LogP contribution is 2.18. The second-order valence-corrected chi connectivity index (χ2v) is 4.89. The average Bonchev–Trinajstić information content (AvgIpc) is 2.65. The molecule has 1 aromatic heterocycles. The van der Waals surface area contributed by atoms with Crippen molar-refractivity contribution in [3.05, 3.63) is 30.1 Å². The molecule has 0 amide bonds. The molecule has 1 fully saturated rings. The molecule has 2 rings (SSSR count). The topological polar surface area (TPSA) is 45.1 Å². The van der Waals surface area contributed by atoms with E-state index in [4.69, 9.17) is 0 Å². The lowest BCUT2D eigenvalue weighted by Gasteiger charge is -2.19. The van der Waals surface area contributed by atoms with Gasteiger partial charge < -0.3 is 10.4 Å². The zero-order chi connectivity index (χ0) is 11.9. The Morgan fingerprint density at radius 2 is 1.82 bits per heavy atom. The van der Waals surface area contributed by atoms with Crippen molar-refractivity contribution in [2.24, 2.45) is 0 Å². The first-order valence-corrected chi connectivity index (χ1v) is 6.67. The summed E-state index contributed by atoms with van der Waals surface area (Å²) in [6.07, 6.45) is 10.9. The average molecular weight is 234 g/mol. The summed E-state index contributed by atoms with van der Waals surface area (Å²) in [6, 6.07) is 4.34. The molecule has 3 heteroatoms. The molecule has 2 N–H and O–H groups in total. The van der Waals surface area contributed by atoms with E-state index >= 15 is 0 Å². The van der Waals surface area contributed by atoms with Gasteiger partial charge in [0.15, 0.2) is 0 Å². The highest BCUT2D eigenvalue weighted by Gasteiger charge is 2.14. The third-order valence-corrected chi connectivity index (χ3v) is 3.55. The molecule has 0 aromatic carbocycles. The summed E-state index contributed by atoms with van der Waals surface area (Å²) in [4.78, 5) is 3.96. The molecule has 94 valence electrons. The molecule has 1 aliphatic rings. The lowest BCUT2D eigenvalue weighted by molar-refractivity contribution is 0.168. The molecule has 1 unspecified atom stereocenters. The number of nitrogens with zero attached hydrogens (tertiary/aromatic N) is 1. The molecule has 0 bridgehead atoms. The third-order valence-electron chi connectivity index (χ3n) is 3.55. The SMILES string of the molecule is OC(CNC1CCCCCC1)c1ccncc1. The molecular weight excluding hydrogens is 212 g/mol. The van der Waals surface area contributed by atoms with E-state index < -0.39 is 6.10 Å². The summed E-state index contributed by atoms with van der Waals surface area (Å²) in [7, 11) is 0. The highest BCUT2D eigenvalue weighted by molar-refractivity contribution is 5.13. The van der Waals surface area contributed by atoms with E-state index in [0.717, 1.165) is 5.56 Å². The molecular formula is C14H22N2O. The normalized spacial score (nSPS) is 19.8. The molecule has 1 heterocycles. The van der Waals surface area contributed by atoms with Crippen LogP contribution in [-0.4, -0.2) is 22.7 Å². The summed E-state index contributed by atoms with van der Waals surface area (Å²) in [6.45, 7) is 0.648. The summed E-state index contributed by atoms with van der Waals surface area (Å²) >= 11 is 0. The van der Waals surface area contributed by atoms with Gasteiger partial charge in [0, 0.05) is 25.0 Å². The van der Waals surface area contributed by atoms with Gasteiger partial charge >= 0.3 is 0 Å². The number of nitrogens with one attached hydrogen (secondary N) is 1. The van der Waals surface area contributed by atoms with Crippen LogP contribution in [0.1, 0.15) is 50.2 Å². The molecule has 0 saturated heterocycles. The minimum atomic E-state index is -0.416. The van der Waals surface area contributed by atoms with Gasteiger partial charge in [-0.25, -0.2) is 0 Å². The summed E-state index contributed by atoms with van der Waals surface area (Å²) < 4.78 is 0. The fraction of sp³-hybridized carbons (Fsp3) is 0.643. The Balaban J connectivity index is 1.77. The van der Waals surface area contributed by atoms with Crippen LogP contribution in [0.2, 0.25) is 0 Å². The van der Waals surface area contributed by atoms with E-state index in [1.54, 1.807) is 12.4 Å². The zero-order valence-electron chi connectivity index (χ0n) is 10.3. The van der Waals surface area contributed by atoms with Crippen molar-refractivity contribution in [1.29, 1.82) is 0 Å². The maximum absolute atomic E-state index is 10.0. The quantitative estimate of drug-likeness (QED) is 0.786. The predicted octanol–water partition coefficient (Wildman–Crippen LogP) is 2.43. The number of hydrogen-bond donors (Lipinski definition) is 2. The van der Waals surface area contributed by atoms with E-state index in [1.807, 2.05) is 12.1 Å². The molecule has 17 heavy (non-hydrogen) atoms.